The van der Waals surface area contributed by atoms with Crippen LogP contribution >= 0.6 is 0 Å². The fourth-order valence-corrected chi connectivity index (χ4v) is 10.4. The number of amides is 3. The second kappa shape index (κ2) is 13.2. The lowest BCUT2D eigenvalue weighted by Crippen LogP contribution is -2.67. The number of hydrogen-bond acceptors (Lipinski definition) is 10. The summed E-state index contributed by atoms with van der Waals surface area (Å²) in [6.07, 6.45) is 9.45. The van der Waals surface area contributed by atoms with E-state index in [4.69, 9.17) is 14.3 Å². The maximum atomic E-state index is 12.5. The second-order valence-corrected chi connectivity index (χ2v) is 15.3. The molecule has 0 aromatic carbocycles. The van der Waals surface area contributed by atoms with E-state index in [2.05, 4.69) is 12.2 Å². The van der Waals surface area contributed by atoms with Crippen molar-refractivity contribution < 1.29 is 48.5 Å². The molecule has 260 valence electrons. The average Bonchev–Trinajstić information content (AvgIpc) is 3.69. The van der Waals surface area contributed by atoms with Gasteiger partial charge in [0.1, 0.15) is 13.2 Å². The number of imide groups is 1. The summed E-state index contributed by atoms with van der Waals surface area (Å²) in [6, 6.07) is 0. The zero-order valence-electron chi connectivity index (χ0n) is 27.7. The van der Waals surface area contributed by atoms with Crippen molar-refractivity contribution in [2.45, 2.75) is 122 Å². The number of cyclic esters (lactones) is 1. The molecule has 2 heterocycles. The summed E-state index contributed by atoms with van der Waals surface area (Å²) >= 11 is 0. The highest BCUT2D eigenvalue weighted by atomic mass is 16.7. The van der Waals surface area contributed by atoms with E-state index in [9.17, 15) is 34.2 Å². The van der Waals surface area contributed by atoms with Crippen molar-refractivity contribution in [3.8, 4) is 0 Å². The zero-order chi connectivity index (χ0) is 33.6. The smallest absolute Gasteiger partial charge is 0.333 e. The molecular weight excluding hydrogens is 608 g/mol. The SMILES string of the molecule is CC12CCC(OCC(=O)NCCCCCC(=O)ON3C(=O)CCC3=O)CC1CCC1C2CC(O)C2(C)C(C3=CC(=O)OC3)CCC12O. The number of carbonyl (C=O) groups is 5. The molecule has 9 unspecified atom stereocenters. The van der Waals surface area contributed by atoms with Crippen LogP contribution in [0, 0.1) is 34.5 Å². The number of nitrogens with one attached hydrogen (secondary N) is 1. The number of ether oxygens (including phenoxy) is 2. The van der Waals surface area contributed by atoms with Crippen LogP contribution in [0.4, 0.5) is 0 Å². The number of esters is 1. The monoisotopic (exact) mass is 658 g/mol. The average molecular weight is 659 g/mol. The highest BCUT2D eigenvalue weighted by Crippen LogP contribution is 2.70. The number of fused-ring (bicyclic) bond motifs is 5. The summed E-state index contributed by atoms with van der Waals surface area (Å²) in [5.41, 5.74) is -0.836. The third-order valence-electron chi connectivity index (χ3n) is 13.1. The van der Waals surface area contributed by atoms with Crippen LogP contribution in [0.25, 0.3) is 0 Å². The van der Waals surface area contributed by atoms with E-state index in [1.165, 1.54) is 0 Å². The molecule has 4 saturated carbocycles. The van der Waals surface area contributed by atoms with Gasteiger partial charge in [0.2, 0.25) is 5.91 Å². The Balaban J connectivity index is 0.929. The molecule has 3 amide bonds. The van der Waals surface area contributed by atoms with Gasteiger partial charge in [0.15, 0.2) is 0 Å². The Kier molecular flexibility index (Phi) is 9.59. The predicted molar refractivity (Wildman–Crippen MR) is 166 cm³/mol. The molecule has 6 rings (SSSR count). The molecule has 0 bridgehead atoms. The van der Waals surface area contributed by atoms with Crippen LogP contribution in [-0.2, 0) is 38.3 Å². The maximum Gasteiger partial charge on any atom is 0.333 e. The molecule has 12 heteroatoms. The Labute approximate surface area is 275 Å². The quantitative estimate of drug-likeness (QED) is 0.171. The molecule has 12 nitrogen and oxygen atoms in total. The van der Waals surface area contributed by atoms with Gasteiger partial charge in [0.05, 0.1) is 17.8 Å². The van der Waals surface area contributed by atoms with Crippen LogP contribution in [0.1, 0.15) is 104 Å². The third kappa shape index (κ3) is 6.14. The molecule has 4 aliphatic carbocycles. The molecule has 0 radical (unpaired) electrons. The Bertz CT molecular complexity index is 1300. The highest BCUT2D eigenvalue weighted by molar-refractivity contribution is 6.01. The lowest BCUT2D eigenvalue weighted by molar-refractivity contribution is -0.245. The first-order chi connectivity index (χ1) is 22.4. The summed E-state index contributed by atoms with van der Waals surface area (Å²) < 4.78 is 11.3. The Hall–Kier alpha value is -2.83. The summed E-state index contributed by atoms with van der Waals surface area (Å²) in [5.74, 6) is -1.51. The Morgan fingerprint density at radius 1 is 1.00 bits per heavy atom. The van der Waals surface area contributed by atoms with Crippen molar-refractivity contribution in [3.63, 3.8) is 0 Å². The second-order valence-electron chi connectivity index (χ2n) is 15.3. The number of hydrogen-bond donors (Lipinski definition) is 3. The summed E-state index contributed by atoms with van der Waals surface area (Å²) in [5, 5.41) is 27.6. The minimum absolute atomic E-state index is 0.00928. The van der Waals surface area contributed by atoms with E-state index in [-0.39, 0.29) is 73.6 Å². The van der Waals surface area contributed by atoms with Crippen molar-refractivity contribution in [1.29, 1.82) is 0 Å². The van der Waals surface area contributed by atoms with Crippen LogP contribution < -0.4 is 5.32 Å². The van der Waals surface area contributed by atoms with Gasteiger partial charge in [-0.2, -0.15) is 0 Å². The number of unbranched alkanes of at least 4 members (excludes halogenated alkanes) is 2. The lowest BCUT2D eigenvalue weighted by atomic mass is 9.42. The fourth-order valence-electron chi connectivity index (χ4n) is 10.4. The van der Waals surface area contributed by atoms with Gasteiger partial charge in [0.25, 0.3) is 11.8 Å². The van der Waals surface area contributed by atoms with E-state index >= 15 is 0 Å². The van der Waals surface area contributed by atoms with Gasteiger partial charge in [-0.3, -0.25) is 14.4 Å². The number of rotatable bonds is 11. The minimum Gasteiger partial charge on any atom is -0.458 e. The standard InChI is InChI=1S/C35H50N2O10/c1-33-13-11-23(45-20-28(39)36-15-5-3-4-6-31(42)47-37-29(40)9-10-30(37)41)17-22(33)7-8-25-26(33)18-27(38)34(2)24(12-14-35(25,34)44)21-16-32(43)46-19-21/h16,22-27,38,44H,3-15,17-20H2,1-2H3,(H,36,39). The fraction of sp³-hybridized carbons (Fsp3) is 0.800. The molecule has 5 fully saturated rings. The molecule has 47 heavy (non-hydrogen) atoms. The molecule has 2 aliphatic heterocycles. The van der Waals surface area contributed by atoms with Crippen LogP contribution in [0.2, 0.25) is 0 Å². The largest absolute Gasteiger partial charge is 0.458 e. The summed E-state index contributed by atoms with van der Waals surface area (Å²) in [6.45, 7) is 5.06. The first-order valence-electron chi connectivity index (χ1n) is 17.6. The van der Waals surface area contributed by atoms with Gasteiger partial charge < -0.3 is 29.8 Å². The van der Waals surface area contributed by atoms with Gasteiger partial charge in [-0.1, -0.05) is 20.3 Å². The van der Waals surface area contributed by atoms with Crippen molar-refractivity contribution in [2.75, 3.05) is 19.8 Å². The van der Waals surface area contributed by atoms with Crippen molar-refractivity contribution in [1.82, 2.24) is 10.4 Å². The molecule has 6 aliphatic rings. The van der Waals surface area contributed by atoms with Crippen molar-refractivity contribution >= 4 is 29.7 Å². The molecule has 0 aromatic heterocycles. The van der Waals surface area contributed by atoms with Gasteiger partial charge in [-0.25, -0.2) is 9.59 Å². The lowest BCUT2D eigenvalue weighted by Gasteiger charge is -2.65. The number of carbonyl (C=O) groups excluding carboxylic acids is 5. The van der Waals surface area contributed by atoms with Crippen LogP contribution in [0.3, 0.4) is 0 Å². The summed E-state index contributed by atoms with van der Waals surface area (Å²) in [7, 11) is 0. The molecule has 0 spiro atoms. The molecule has 9 atom stereocenters. The van der Waals surface area contributed by atoms with Crippen LogP contribution in [0.15, 0.2) is 11.6 Å². The van der Waals surface area contributed by atoms with E-state index in [1.807, 2.05) is 6.92 Å². The molecule has 0 aromatic rings. The normalized spacial score (nSPS) is 39.5. The van der Waals surface area contributed by atoms with E-state index in [1.54, 1.807) is 6.08 Å². The number of nitrogens with zero attached hydrogens (tertiary/aromatic N) is 1. The van der Waals surface area contributed by atoms with Crippen LogP contribution in [0.5, 0.6) is 0 Å². The van der Waals surface area contributed by atoms with E-state index in [0.29, 0.717) is 49.6 Å². The predicted octanol–water partition coefficient (Wildman–Crippen LogP) is 2.88. The first-order valence-corrected chi connectivity index (χ1v) is 17.6. The van der Waals surface area contributed by atoms with E-state index < -0.39 is 34.9 Å². The van der Waals surface area contributed by atoms with Gasteiger partial charge in [-0.15, -0.1) is 5.06 Å². The van der Waals surface area contributed by atoms with Gasteiger partial charge in [-0.05, 0) is 98.9 Å². The topological polar surface area (TPSA) is 169 Å². The van der Waals surface area contributed by atoms with Gasteiger partial charge in [0, 0.05) is 37.3 Å². The van der Waals surface area contributed by atoms with Crippen molar-refractivity contribution in [3.05, 3.63) is 11.6 Å². The summed E-state index contributed by atoms with van der Waals surface area (Å²) in [4.78, 5) is 64.2. The molecule has 3 N–H and O–H groups in total. The molecule has 1 saturated heterocycles. The Morgan fingerprint density at radius 2 is 1.77 bits per heavy atom. The number of hydroxylamine groups is 2. The third-order valence-corrected chi connectivity index (χ3v) is 13.1. The number of aliphatic hydroxyl groups excluding tert-OH is 1. The minimum atomic E-state index is -0.996. The maximum absolute atomic E-state index is 12.5. The van der Waals surface area contributed by atoms with Crippen LogP contribution in [-0.4, -0.2) is 82.5 Å². The van der Waals surface area contributed by atoms with E-state index in [0.717, 1.165) is 44.1 Å². The molecular formula is C35H50N2O10. The van der Waals surface area contributed by atoms with Crippen molar-refractivity contribution in [2.24, 2.45) is 34.5 Å². The highest BCUT2D eigenvalue weighted by Gasteiger charge is 2.70. The number of aliphatic hydroxyl groups is 2. The first kappa shape index (κ1) is 34.0. The zero-order valence-corrected chi connectivity index (χ0v) is 27.7. The van der Waals surface area contributed by atoms with Gasteiger partial charge >= 0.3 is 11.9 Å². The Morgan fingerprint density at radius 3 is 2.49 bits per heavy atom.